The average molecular weight is 280 g/mol. The Hall–Kier alpha value is -1.62. The molecule has 19 heavy (non-hydrogen) atoms. The number of benzene rings is 1. The zero-order chi connectivity index (χ0) is 14.4. The number of nitrogens with two attached hydrogens (primary N) is 1. The molecular formula is C14H20N2O2S. The Labute approximate surface area is 119 Å². The first-order valence-corrected chi connectivity index (χ1v) is 6.68. The summed E-state index contributed by atoms with van der Waals surface area (Å²) in [6.07, 6.45) is 0. The largest absolute Gasteiger partial charge is 0.494 e. The van der Waals surface area contributed by atoms with E-state index >= 15 is 0 Å². The molecule has 0 saturated carbocycles. The van der Waals surface area contributed by atoms with Crippen molar-refractivity contribution in [1.29, 1.82) is 0 Å². The molecule has 4 nitrogen and oxygen atoms in total. The number of carbonyl (C=O) groups is 1. The van der Waals surface area contributed by atoms with Crippen molar-refractivity contribution < 1.29 is 9.53 Å². The highest BCUT2D eigenvalue weighted by atomic mass is 32.1. The van der Waals surface area contributed by atoms with E-state index in [1.54, 1.807) is 29.2 Å². The molecule has 0 atom stereocenters. The zero-order valence-corrected chi connectivity index (χ0v) is 12.4. The van der Waals surface area contributed by atoms with E-state index in [9.17, 15) is 4.79 Å². The van der Waals surface area contributed by atoms with Crippen molar-refractivity contribution in [1.82, 2.24) is 4.90 Å². The van der Waals surface area contributed by atoms with E-state index < -0.39 is 0 Å². The Bertz CT molecular complexity index is 443. The lowest BCUT2D eigenvalue weighted by Crippen LogP contribution is -2.42. The Morgan fingerprint density at radius 3 is 2.37 bits per heavy atom. The first-order valence-electron chi connectivity index (χ1n) is 6.27. The van der Waals surface area contributed by atoms with Crippen LogP contribution < -0.4 is 10.5 Å². The summed E-state index contributed by atoms with van der Waals surface area (Å²) in [7, 11) is 0. The third-order valence-corrected chi connectivity index (χ3v) is 2.75. The molecule has 0 fully saturated rings. The number of nitrogens with zero attached hydrogens (tertiary/aromatic N) is 1. The van der Waals surface area contributed by atoms with Crippen LogP contribution in [0.1, 0.15) is 31.1 Å². The molecule has 0 bridgehead atoms. The minimum absolute atomic E-state index is 0.0422. The Morgan fingerprint density at radius 1 is 1.37 bits per heavy atom. The summed E-state index contributed by atoms with van der Waals surface area (Å²) in [5, 5.41) is 0. The highest BCUT2D eigenvalue weighted by molar-refractivity contribution is 7.80. The SMILES string of the molecule is CCOc1ccc(C(=O)N(CC(N)=S)C(C)C)cc1. The number of hydrogen-bond acceptors (Lipinski definition) is 3. The van der Waals surface area contributed by atoms with Gasteiger partial charge in [0.25, 0.3) is 5.91 Å². The van der Waals surface area contributed by atoms with Crippen LogP contribution in [0.5, 0.6) is 5.75 Å². The van der Waals surface area contributed by atoms with Gasteiger partial charge < -0.3 is 15.4 Å². The lowest BCUT2D eigenvalue weighted by Gasteiger charge is -2.26. The Morgan fingerprint density at radius 2 is 1.95 bits per heavy atom. The maximum Gasteiger partial charge on any atom is 0.254 e. The summed E-state index contributed by atoms with van der Waals surface area (Å²) in [6.45, 7) is 6.68. The summed E-state index contributed by atoms with van der Waals surface area (Å²) >= 11 is 4.88. The summed E-state index contributed by atoms with van der Waals surface area (Å²) < 4.78 is 5.35. The molecule has 1 rings (SSSR count). The van der Waals surface area contributed by atoms with Gasteiger partial charge in [0.15, 0.2) is 0 Å². The van der Waals surface area contributed by atoms with Gasteiger partial charge >= 0.3 is 0 Å². The van der Waals surface area contributed by atoms with Gasteiger partial charge in [0.1, 0.15) is 5.75 Å². The molecule has 1 aromatic rings. The van der Waals surface area contributed by atoms with Gasteiger partial charge in [-0.05, 0) is 45.0 Å². The van der Waals surface area contributed by atoms with E-state index in [-0.39, 0.29) is 11.9 Å². The molecule has 1 amide bonds. The molecule has 5 heteroatoms. The predicted octanol–water partition coefficient (Wildman–Crippen LogP) is 2.22. The highest BCUT2D eigenvalue weighted by Crippen LogP contribution is 2.14. The molecule has 0 radical (unpaired) electrons. The number of thiocarbonyl (C=S) groups is 1. The van der Waals surface area contributed by atoms with Crippen molar-refractivity contribution in [3.05, 3.63) is 29.8 Å². The van der Waals surface area contributed by atoms with Gasteiger partial charge in [-0.25, -0.2) is 0 Å². The summed E-state index contributed by atoms with van der Waals surface area (Å²) in [6, 6.07) is 7.12. The molecule has 0 heterocycles. The van der Waals surface area contributed by atoms with Crippen LogP contribution in [0.4, 0.5) is 0 Å². The van der Waals surface area contributed by atoms with Crippen molar-refractivity contribution in [3.8, 4) is 5.75 Å². The van der Waals surface area contributed by atoms with Gasteiger partial charge in [0, 0.05) is 11.6 Å². The smallest absolute Gasteiger partial charge is 0.254 e. The monoisotopic (exact) mass is 280 g/mol. The standard InChI is InChI=1S/C14H20N2O2S/c1-4-18-12-7-5-11(6-8-12)14(17)16(10(2)3)9-13(15)19/h5-8,10H,4,9H2,1-3H3,(H2,15,19). The van der Waals surface area contributed by atoms with Gasteiger partial charge in [-0.3, -0.25) is 4.79 Å². The molecular weight excluding hydrogens is 260 g/mol. The predicted molar refractivity (Wildman–Crippen MR) is 80.6 cm³/mol. The molecule has 0 aliphatic heterocycles. The molecule has 0 aliphatic carbocycles. The molecule has 0 saturated heterocycles. The second-order valence-corrected chi connectivity index (χ2v) is 4.97. The Balaban J connectivity index is 2.87. The molecule has 0 unspecified atom stereocenters. The first kappa shape index (κ1) is 15.4. The van der Waals surface area contributed by atoms with E-state index in [1.807, 2.05) is 20.8 Å². The normalized spacial score (nSPS) is 10.3. The molecule has 104 valence electrons. The molecule has 1 aromatic carbocycles. The van der Waals surface area contributed by atoms with Crippen molar-refractivity contribution in [2.75, 3.05) is 13.2 Å². The van der Waals surface area contributed by atoms with Gasteiger partial charge in [-0.1, -0.05) is 12.2 Å². The van der Waals surface area contributed by atoms with E-state index in [1.165, 1.54) is 0 Å². The van der Waals surface area contributed by atoms with Crippen LogP contribution >= 0.6 is 12.2 Å². The van der Waals surface area contributed by atoms with Crippen molar-refractivity contribution in [2.45, 2.75) is 26.8 Å². The molecule has 0 aliphatic rings. The van der Waals surface area contributed by atoms with E-state index in [0.717, 1.165) is 5.75 Å². The second-order valence-electron chi connectivity index (χ2n) is 4.45. The molecule has 0 spiro atoms. The van der Waals surface area contributed by atoms with Crippen LogP contribution in [0.25, 0.3) is 0 Å². The number of ether oxygens (including phenoxy) is 1. The van der Waals surface area contributed by atoms with Crippen LogP contribution in [-0.4, -0.2) is 35.0 Å². The number of amides is 1. The second kappa shape index (κ2) is 7.09. The first-order chi connectivity index (χ1) is 8.95. The van der Waals surface area contributed by atoms with Gasteiger partial charge in [0.2, 0.25) is 0 Å². The number of hydrogen-bond donors (Lipinski definition) is 1. The van der Waals surface area contributed by atoms with Gasteiger partial charge in [-0.15, -0.1) is 0 Å². The van der Waals surface area contributed by atoms with Gasteiger partial charge in [0.05, 0.1) is 18.1 Å². The van der Waals surface area contributed by atoms with Crippen molar-refractivity contribution in [3.63, 3.8) is 0 Å². The van der Waals surface area contributed by atoms with E-state index in [4.69, 9.17) is 22.7 Å². The summed E-state index contributed by atoms with van der Waals surface area (Å²) in [4.78, 5) is 14.3. The number of rotatable bonds is 6. The minimum atomic E-state index is -0.0779. The van der Waals surface area contributed by atoms with E-state index in [0.29, 0.717) is 23.7 Å². The average Bonchev–Trinajstić information content (AvgIpc) is 2.36. The van der Waals surface area contributed by atoms with Crippen LogP contribution in [0.3, 0.4) is 0 Å². The Kier molecular flexibility index (Phi) is 5.76. The topological polar surface area (TPSA) is 55.6 Å². The van der Waals surface area contributed by atoms with Crippen LogP contribution in [0.2, 0.25) is 0 Å². The van der Waals surface area contributed by atoms with Gasteiger partial charge in [-0.2, -0.15) is 0 Å². The van der Waals surface area contributed by atoms with Crippen LogP contribution in [0, 0.1) is 0 Å². The van der Waals surface area contributed by atoms with Crippen molar-refractivity contribution >= 4 is 23.1 Å². The molecule has 2 N–H and O–H groups in total. The summed E-state index contributed by atoms with van der Waals surface area (Å²) in [5.74, 6) is 0.676. The lowest BCUT2D eigenvalue weighted by atomic mass is 10.1. The fourth-order valence-electron chi connectivity index (χ4n) is 1.68. The minimum Gasteiger partial charge on any atom is -0.494 e. The lowest BCUT2D eigenvalue weighted by molar-refractivity contribution is 0.0736. The van der Waals surface area contributed by atoms with Crippen molar-refractivity contribution in [2.24, 2.45) is 5.73 Å². The third-order valence-electron chi connectivity index (χ3n) is 2.62. The zero-order valence-electron chi connectivity index (χ0n) is 11.6. The molecule has 0 aromatic heterocycles. The van der Waals surface area contributed by atoms with Crippen LogP contribution in [-0.2, 0) is 0 Å². The fourth-order valence-corrected chi connectivity index (χ4v) is 1.82. The highest BCUT2D eigenvalue weighted by Gasteiger charge is 2.19. The summed E-state index contributed by atoms with van der Waals surface area (Å²) in [5.41, 5.74) is 6.13. The maximum atomic E-state index is 12.4. The number of carbonyl (C=O) groups excluding carboxylic acids is 1. The third kappa shape index (κ3) is 4.52. The fraction of sp³-hybridized carbons (Fsp3) is 0.429. The van der Waals surface area contributed by atoms with E-state index in [2.05, 4.69) is 0 Å². The quantitative estimate of drug-likeness (QED) is 0.812. The van der Waals surface area contributed by atoms with Crippen LogP contribution in [0.15, 0.2) is 24.3 Å². The maximum absolute atomic E-state index is 12.4.